The maximum absolute atomic E-state index is 12.6. The number of aromatic nitrogens is 1. The van der Waals surface area contributed by atoms with Crippen LogP contribution in [0.25, 0.3) is 10.2 Å². The highest BCUT2D eigenvalue weighted by molar-refractivity contribution is 7.18. The Bertz CT molecular complexity index is 908. The van der Waals surface area contributed by atoms with Gasteiger partial charge in [-0.2, -0.15) is 0 Å². The summed E-state index contributed by atoms with van der Waals surface area (Å²) in [6, 6.07) is 11.5. The van der Waals surface area contributed by atoms with E-state index in [1.807, 2.05) is 24.3 Å². The SMILES string of the molecule is CN(Cc1nc2ccccc2s1)C(=O)c1cc([N+](=O)[O-])ccc1Cl. The molecule has 1 heterocycles. The van der Waals surface area contributed by atoms with Crippen LogP contribution >= 0.6 is 22.9 Å². The summed E-state index contributed by atoms with van der Waals surface area (Å²) < 4.78 is 1.04. The summed E-state index contributed by atoms with van der Waals surface area (Å²) in [6.07, 6.45) is 0. The van der Waals surface area contributed by atoms with Gasteiger partial charge in [-0.25, -0.2) is 4.98 Å². The number of hydrogen-bond acceptors (Lipinski definition) is 5. The summed E-state index contributed by atoms with van der Waals surface area (Å²) >= 11 is 7.53. The number of nitrogens with zero attached hydrogens (tertiary/aromatic N) is 3. The van der Waals surface area contributed by atoms with Gasteiger partial charge in [-0.05, 0) is 18.2 Å². The number of halogens is 1. The van der Waals surface area contributed by atoms with Crippen molar-refractivity contribution in [2.45, 2.75) is 6.54 Å². The minimum Gasteiger partial charge on any atom is -0.335 e. The first-order chi connectivity index (χ1) is 11.5. The average Bonchev–Trinajstić information content (AvgIpc) is 2.96. The van der Waals surface area contributed by atoms with Crippen LogP contribution in [0.3, 0.4) is 0 Å². The molecule has 8 heteroatoms. The Hall–Kier alpha value is -2.51. The summed E-state index contributed by atoms with van der Waals surface area (Å²) in [5, 5.41) is 11.8. The molecule has 0 aliphatic carbocycles. The van der Waals surface area contributed by atoms with Crippen LogP contribution in [-0.4, -0.2) is 27.8 Å². The van der Waals surface area contributed by atoms with E-state index in [1.54, 1.807) is 7.05 Å². The number of benzene rings is 2. The Morgan fingerprint density at radius 1 is 1.33 bits per heavy atom. The molecule has 1 amide bonds. The van der Waals surface area contributed by atoms with Crippen molar-refractivity contribution in [3.63, 3.8) is 0 Å². The van der Waals surface area contributed by atoms with E-state index in [4.69, 9.17) is 11.6 Å². The Morgan fingerprint density at radius 3 is 2.79 bits per heavy atom. The van der Waals surface area contributed by atoms with E-state index in [0.29, 0.717) is 6.54 Å². The highest BCUT2D eigenvalue weighted by Gasteiger charge is 2.20. The van der Waals surface area contributed by atoms with Gasteiger partial charge in [-0.15, -0.1) is 11.3 Å². The van der Waals surface area contributed by atoms with Gasteiger partial charge in [0.25, 0.3) is 11.6 Å². The molecule has 0 saturated heterocycles. The van der Waals surface area contributed by atoms with Gasteiger partial charge in [0.05, 0.1) is 32.3 Å². The zero-order valence-corrected chi connectivity index (χ0v) is 14.2. The highest BCUT2D eigenvalue weighted by Crippen LogP contribution is 2.25. The average molecular weight is 362 g/mol. The normalized spacial score (nSPS) is 10.8. The number of rotatable bonds is 4. The first-order valence-electron chi connectivity index (χ1n) is 6.99. The quantitative estimate of drug-likeness (QED) is 0.517. The molecule has 0 N–H and O–H groups in total. The van der Waals surface area contributed by atoms with Crippen LogP contribution in [0.5, 0.6) is 0 Å². The second-order valence-electron chi connectivity index (χ2n) is 5.16. The summed E-state index contributed by atoms with van der Waals surface area (Å²) in [6.45, 7) is 0.303. The number of nitro benzene ring substituents is 1. The molecule has 0 aliphatic rings. The summed E-state index contributed by atoms with van der Waals surface area (Å²) in [7, 11) is 1.61. The number of para-hydroxylation sites is 1. The Labute approximate surface area is 146 Å². The lowest BCUT2D eigenvalue weighted by Gasteiger charge is -2.16. The van der Waals surface area contributed by atoms with Crippen LogP contribution in [0.1, 0.15) is 15.4 Å². The molecule has 0 fully saturated rings. The number of nitro groups is 1. The van der Waals surface area contributed by atoms with Gasteiger partial charge in [0.15, 0.2) is 0 Å². The molecule has 1 aromatic heterocycles. The minimum atomic E-state index is -0.555. The number of carbonyl (C=O) groups excluding carboxylic acids is 1. The van der Waals surface area contributed by atoms with Crippen LogP contribution in [0, 0.1) is 10.1 Å². The van der Waals surface area contributed by atoms with Crippen LogP contribution in [0.15, 0.2) is 42.5 Å². The third-order valence-corrected chi connectivity index (χ3v) is 4.80. The Morgan fingerprint density at radius 2 is 2.08 bits per heavy atom. The standard InChI is InChI=1S/C16H12ClN3O3S/c1-19(9-15-18-13-4-2-3-5-14(13)24-15)16(21)11-8-10(20(22)23)6-7-12(11)17/h2-8H,9H2,1H3. The summed E-state index contributed by atoms with van der Waals surface area (Å²) in [5.74, 6) is -0.386. The molecule has 2 aromatic carbocycles. The molecule has 6 nitrogen and oxygen atoms in total. The van der Waals surface area contributed by atoms with E-state index >= 15 is 0 Å². The molecule has 0 unspecified atom stereocenters. The third-order valence-electron chi connectivity index (χ3n) is 3.45. The van der Waals surface area contributed by atoms with Crippen molar-refractivity contribution in [3.05, 3.63) is 68.2 Å². The van der Waals surface area contributed by atoms with E-state index in [0.717, 1.165) is 15.2 Å². The molecular weight excluding hydrogens is 350 g/mol. The van der Waals surface area contributed by atoms with Gasteiger partial charge < -0.3 is 4.90 Å². The predicted molar refractivity (Wildman–Crippen MR) is 93.5 cm³/mol. The van der Waals surface area contributed by atoms with Crippen LogP contribution < -0.4 is 0 Å². The molecule has 24 heavy (non-hydrogen) atoms. The molecular formula is C16H12ClN3O3S. The van der Waals surface area contributed by atoms with Crippen molar-refractivity contribution in [2.24, 2.45) is 0 Å². The topological polar surface area (TPSA) is 76.3 Å². The van der Waals surface area contributed by atoms with Gasteiger partial charge in [0.1, 0.15) is 5.01 Å². The third kappa shape index (κ3) is 3.22. The molecule has 0 atom stereocenters. The van der Waals surface area contributed by atoms with Crippen molar-refractivity contribution >= 4 is 44.7 Å². The maximum Gasteiger partial charge on any atom is 0.270 e. The zero-order chi connectivity index (χ0) is 17.3. The summed E-state index contributed by atoms with van der Waals surface area (Å²) in [4.78, 5) is 28.8. The van der Waals surface area contributed by atoms with Crippen LogP contribution in [-0.2, 0) is 6.54 Å². The number of fused-ring (bicyclic) bond motifs is 1. The lowest BCUT2D eigenvalue weighted by molar-refractivity contribution is -0.384. The molecule has 0 aliphatic heterocycles. The van der Waals surface area contributed by atoms with Gasteiger partial charge in [-0.3, -0.25) is 14.9 Å². The molecule has 122 valence electrons. The second-order valence-corrected chi connectivity index (χ2v) is 6.68. The fraction of sp³-hybridized carbons (Fsp3) is 0.125. The largest absolute Gasteiger partial charge is 0.335 e. The lowest BCUT2D eigenvalue weighted by Crippen LogP contribution is -2.26. The first kappa shape index (κ1) is 16.4. The second kappa shape index (κ2) is 6.54. The van der Waals surface area contributed by atoms with Crippen LogP contribution in [0.2, 0.25) is 5.02 Å². The number of thiazole rings is 1. The highest BCUT2D eigenvalue weighted by atomic mass is 35.5. The van der Waals surface area contributed by atoms with Crippen LogP contribution in [0.4, 0.5) is 5.69 Å². The zero-order valence-electron chi connectivity index (χ0n) is 12.6. The Balaban J connectivity index is 1.84. The number of hydrogen-bond donors (Lipinski definition) is 0. The van der Waals surface area contributed by atoms with Crippen molar-refractivity contribution in [2.75, 3.05) is 7.05 Å². The lowest BCUT2D eigenvalue weighted by atomic mass is 10.2. The van der Waals surface area contributed by atoms with Gasteiger partial charge in [0, 0.05) is 19.2 Å². The molecule has 0 saturated carbocycles. The molecule has 0 spiro atoms. The number of amides is 1. The van der Waals surface area contributed by atoms with E-state index in [9.17, 15) is 14.9 Å². The van der Waals surface area contributed by atoms with E-state index in [1.165, 1.54) is 34.4 Å². The van der Waals surface area contributed by atoms with E-state index < -0.39 is 4.92 Å². The fourth-order valence-corrected chi connectivity index (χ4v) is 3.48. The fourth-order valence-electron chi connectivity index (χ4n) is 2.26. The van der Waals surface area contributed by atoms with Crippen molar-refractivity contribution < 1.29 is 9.72 Å². The molecule has 0 bridgehead atoms. The minimum absolute atomic E-state index is 0.106. The van der Waals surface area contributed by atoms with Gasteiger partial charge in [0.2, 0.25) is 0 Å². The van der Waals surface area contributed by atoms with E-state index in [-0.39, 0.29) is 22.2 Å². The van der Waals surface area contributed by atoms with Crippen molar-refractivity contribution in [3.8, 4) is 0 Å². The first-order valence-corrected chi connectivity index (χ1v) is 8.19. The monoisotopic (exact) mass is 361 g/mol. The van der Waals surface area contributed by atoms with Crippen molar-refractivity contribution in [1.29, 1.82) is 0 Å². The smallest absolute Gasteiger partial charge is 0.270 e. The number of carbonyl (C=O) groups is 1. The van der Waals surface area contributed by atoms with Gasteiger partial charge >= 0.3 is 0 Å². The van der Waals surface area contributed by atoms with E-state index in [2.05, 4.69) is 4.98 Å². The molecule has 3 aromatic rings. The predicted octanol–water partition coefficient (Wildman–Crippen LogP) is 4.13. The molecule has 3 rings (SSSR count). The van der Waals surface area contributed by atoms with Crippen molar-refractivity contribution in [1.82, 2.24) is 9.88 Å². The molecule has 0 radical (unpaired) electrons. The van der Waals surface area contributed by atoms with Gasteiger partial charge in [-0.1, -0.05) is 23.7 Å². The summed E-state index contributed by atoms with van der Waals surface area (Å²) in [5.41, 5.74) is 0.817. The Kier molecular flexibility index (Phi) is 4.46. The number of non-ortho nitro benzene ring substituents is 1. The maximum atomic E-state index is 12.6.